The quantitative estimate of drug-likeness (QED) is 0.188. The molecule has 1 unspecified atom stereocenters. The van der Waals surface area contributed by atoms with Crippen LogP contribution in [-0.4, -0.2) is 63.4 Å². The highest BCUT2D eigenvalue weighted by Gasteiger charge is 2.39. The number of carbonyl (C=O) groups excluding carboxylic acids is 1. The number of rotatable bonds is 10. The molecule has 1 aliphatic heterocycles. The number of amidine groups is 1. The second-order valence-electron chi connectivity index (χ2n) is 9.46. The molecule has 1 fully saturated rings. The number of carboxylic acid groups (broad SMARTS) is 1. The van der Waals surface area contributed by atoms with Crippen molar-refractivity contribution in [3.63, 3.8) is 0 Å². The van der Waals surface area contributed by atoms with Crippen molar-refractivity contribution in [3.05, 3.63) is 59.4 Å². The number of carbonyl (C=O) groups is 2. The maximum atomic E-state index is 13.6. The van der Waals surface area contributed by atoms with Crippen LogP contribution in [0.3, 0.4) is 0 Å². The maximum Gasteiger partial charge on any atom is 0.317 e. The predicted molar refractivity (Wildman–Crippen MR) is 154 cm³/mol. The van der Waals surface area contributed by atoms with E-state index in [4.69, 9.17) is 21.2 Å². The summed E-state index contributed by atoms with van der Waals surface area (Å²) in [6.45, 7) is 3.82. The van der Waals surface area contributed by atoms with E-state index in [-0.39, 0.29) is 49.6 Å². The lowest BCUT2D eigenvalue weighted by Crippen LogP contribution is -2.50. The number of hydrogen-bond acceptors (Lipinski definition) is 6. The molecule has 6 N–H and O–H groups in total. The van der Waals surface area contributed by atoms with Crippen LogP contribution in [0.4, 0.5) is 5.69 Å². The van der Waals surface area contributed by atoms with Gasteiger partial charge in [0.15, 0.2) is 0 Å². The number of imidazole rings is 1. The molecule has 1 saturated heterocycles. The van der Waals surface area contributed by atoms with E-state index < -0.39 is 11.4 Å². The average Bonchev–Trinajstić information content (AvgIpc) is 3.50. The average molecular weight is 565 g/mol. The summed E-state index contributed by atoms with van der Waals surface area (Å²) in [6.07, 6.45) is 1.97. The number of nitrogens with two attached hydrogens (primary N) is 1. The van der Waals surface area contributed by atoms with Gasteiger partial charge in [0.05, 0.1) is 29.5 Å². The van der Waals surface area contributed by atoms with Crippen molar-refractivity contribution in [2.75, 3.05) is 31.5 Å². The number of amides is 1. The summed E-state index contributed by atoms with van der Waals surface area (Å²) >= 11 is 0. The van der Waals surface area contributed by atoms with Gasteiger partial charge < -0.3 is 30.9 Å². The fourth-order valence-electron chi connectivity index (χ4n) is 4.69. The Balaban J connectivity index is 0.00000253. The smallest absolute Gasteiger partial charge is 0.317 e. The van der Waals surface area contributed by atoms with E-state index in [1.54, 1.807) is 12.1 Å². The van der Waals surface area contributed by atoms with Crippen LogP contribution < -0.4 is 16.4 Å². The Hall–Kier alpha value is -3.34. The molecular weight excluding hydrogens is 529 g/mol. The first-order chi connectivity index (χ1) is 17.2. The molecule has 2 aromatic carbocycles. The standard InChI is InChI=1S/C26H33N7O3.2ClH/c1-26(16-29-15-23(34)35,25(36)33-11-3-4-12-33)18-7-10-21-20(13-18)31-22(32(21)2)14-30-19-8-5-17(6-9-19)24(27)28;;/h5-10,13,29-30H,3-4,11-12,14-16H2,1-2H3,(H3,27,28)(H,34,35);2*1H. The molecule has 38 heavy (non-hydrogen) atoms. The number of aryl methyl sites for hydroxylation is 1. The molecular formula is C26H35Cl2N7O3. The van der Waals surface area contributed by atoms with Crippen LogP contribution in [0, 0.1) is 5.41 Å². The van der Waals surface area contributed by atoms with Gasteiger partial charge in [0.1, 0.15) is 11.7 Å². The molecule has 3 aromatic rings. The summed E-state index contributed by atoms with van der Waals surface area (Å²) in [5.74, 6) is -0.0984. The number of aromatic nitrogens is 2. The van der Waals surface area contributed by atoms with Crippen molar-refractivity contribution >= 4 is 59.2 Å². The number of nitrogen functional groups attached to an aromatic ring is 1. The van der Waals surface area contributed by atoms with Gasteiger partial charge in [-0.25, -0.2) is 4.98 Å². The summed E-state index contributed by atoms with van der Waals surface area (Å²) in [6, 6.07) is 13.2. The number of aliphatic carboxylic acids is 1. The Morgan fingerprint density at radius 1 is 1.13 bits per heavy atom. The summed E-state index contributed by atoms with van der Waals surface area (Å²) in [5, 5.41) is 22.9. The van der Waals surface area contributed by atoms with Gasteiger partial charge in [-0.15, -0.1) is 24.8 Å². The van der Waals surface area contributed by atoms with E-state index >= 15 is 0 Å². The molecule has 1 amide bonds. The van der Waals surface area contributed by atoms with Gasteiger partial charge in [-0.2, -0.15) is 0 Å². The van der Waals surface area contributed by atoms with Gasteiger partial charge in [0.2, 0.25) is 5.91 Å². The number of benzene rings is 2. The van der Waals surface area contributed by atoms with Crippen LogP contribution >= 0.6 is 24.8 Å². The molecule has 0 bridgehead atoms. The summed E-state index contributed by atoms with van der Waals surface area (Å²) in [4.78, 5) is 31.3. The van der Waals surface area contributed by atoms with E-state index in [0.717, 1.165) is 54.0 Å². The van der Waals surface area contributed by atoms with Gasteiger partial charge in [-0.05, 0) is 61.7 Å². The Kier molecular flexibility index (Phi) is 10.5. The molecule has 2 heterocycles. The zero-order valence-corrected chi connectivity index (χ0v) is 23.1. The third kappa shape index (κ3) is 6.56. The van der Waals surface area contributed by atoms with Crippen LogP contribution in [0.15, 0.2) is 42.5 Å². The third-order valence-corrected chi connectivity index (χ3v) is 6.88. The molecule has 0 saturated carbocycles. The second-order valence-corrected chi connectivity index (χ2v) is 9.46. The molecule has 206 valence electrons. The van der Waals surface area contributed by atoms with Crippen LogP contribution in [0.5, 0.6) is 0 Å². The molecule has 10 nitrogen and oxygen atoms in total. The van der Waals surface area contributed by atoms with Crippen molar-refractivity contribution in [3.8, 4) is 0 Å². The van der Waals surface area contributed by atoms with Gasteiger partial charge in [0.25, 0.3) is 0 Å². The number of nitrogens with one attached hydrogen (secondary N) is 3. The van der Waals surface area contributed by atoms with Crippen molar-refractivity contribution in [1.82, 2.24) is 19.8 Å². The van der Waals surface area contributed by atoms with Crippen LogP contribution in [0.1, 0.15) is 36.7 Å². The Morgan fingerprint density at radius 2 is 1.79 bits per heavy atom. The fourth-order valence-corrected chi connectivity index (χ4v) is 4.69. The Morgan fingerprint density at radius 3 is 2.39 bits per heavy atom. The van der Waals surface area contributed by atoms with E-state index in [0.29, 0.717) is 12.1 Å². The maximum absolute atomic E-state index is 13.6. The van der Waals surface area contributed by atoms with E-state index in [1.807, 2.05) is 53.8 Å². The SMILES string of the molecule is Cl.Cl.Cn1c(CNc2ccc(C(=N)N)cc2)nc2cc(C(C)(CNCC(=O)O)C(=O)N3CCCC3)ccc21. The minimum absolute atomic E-state index is 0. The number of anilines is 1. The summed E-state index contributed by atoms with van der Waals surface area (Å²) < 4.78 is 2.01. The molecule has 12 heteroatoms. The Labute approximate surface area is 234 Å². The number of fused-ring (bicyclic) bond motifs is 1. The monoisotopic (exact) mass is 563 g/mol. The summed E-state index contributed by atoms with van der Waals surface area (Å²) in [7, 11) is 1.95. The van der Waals surface area contributed by atoms with E-state index in [1.165, 1.54) is 0 Å². The van der Waals surface area contributed by atoms with Crippen molar-refractivity contribution in [2.45, 2.75) is 31.7 Å². The number of hydrogen-bond donors (Lipinski definition) is 5. The largest absolute Gasteiger partial charge is 0.480 e. The fraction of sp³-hybridized carbons (Fsp3) is 0.385. The van der Waals surface area contributed by atoms with Crippen LogP contribution in [0.2, 0.25) is 0 Å². The van der Waals surface area contributed by atoms with Crippen molar-refractivity contribution in [1.29, 1.82) is 5.41 Å². The zero-order chi connectivity index (χ0) is 25.9. The number of nitrogens with zero attached hydrogens (tertiary/aromatic N) is 3. The molecule has 1 aliphatic rings. The minimum Gasteiger partial charge on any atom is -0.480 e. The zero-order valence-electron chi connectivity index (χ0n) is 21.5. The van der Waals surface area contributed by atoms with Gasteiger partial charge >= 0.3 is 5.97 Å². The topological polar surface area (TPSA) is 149 Å². The normalized spacial score (nSPS) is 14.3. The predicted octanol–water partition coefficient (Wildman–Crippen LogP) is 2.87. The molecule has 0 aliphatic carbocycles. The third-order valence-electron chi connectivity index (χ3n) is 6.88. The number of carboxylic acids is 1. The highest BCUT2D eigenvalue weighted by atomic mass is 35.5. The van der Waals surface area contributed by atoms with Crippen molar-refractivity contribution in [2.24, 2.45) is 12.8 Å². The summed E-state index contributed by atoms with van der Waals surface area (Å²) in [5.41, 5.74) is 8.69. The van der Waals surface area contributed by atoms with Crippen LogP contribution in [-0.2, 0) is 28.6 Å². The highest BCUT2D eigenvalue weighted by Crippen LogP contribution is 2.30. The first-order valence-electron chi connectivity index (χ1n) is 12.0. The Bertz CT molecular complexity index is 1290. The molecule has 4 rings (SSSR count). The van der Waals surface area contributed by atoms with Crippen molar-refractivity contribution < 1.29 is 14.7 Å². The van der Waals surface area contributed by atoms with Gasteiger partial charge in [-0.1, -0.05) is 6.07 Å². The molecule has 1 aromatic heterocycles. The number of likely N-dealkylation sites (tertiary alicyclic amines) is 1. The van der Waals surface area contributed by atoms with E-state index in [9.17, 15) is 9.59 Å². The lowest BCUT2D eigenvalue weighted by molar-refractivity contribution is -0.138. The lowest BCUT2D eigenvalue weighted by Gasteiger charge is -2.33. The second kappa shape index (κ2) is 12.9. The van der Waals surface area contributed by atoms with Gasteiger partial charge in [-0.3, -0.25) is 15.0 Å². The first kappa shape index (κ1) is 30.9. The number of halogens is 2. The highest BCUT2D eigenvalue weighted by molar-refractivity contribution is 5.95. The van der Waals surface area contributed by atoms with E-state index in [2.05, 4.69) is 10.6 Å². The molecule has 0 spiro atoms. The minimum atomic E-state index is -0.959. The van der Waals surface area contributed by atoms with Crippen LogP contribution in [0.25, 0.3) is 11.0 Å². The van der Waals surface area contributed by atoms with Gasteiger partial charge in [0, 0.05) is 37.9 Å². The lowest BCUT2D eigenvalue weighted by atomic mass is 9.80. The first-order valence-corrected chi connectivity index (χ1v) is 12.0. The molecule has 0 radical (unpaired) electrons. The molecule has 1 atom stereocenters.